The van der Waals surface area contributed by atoms with Gasteiger partial charge in [-0.05, 0) is 55.4 Å². The zero-order valence-electron chi connectivity index (χ0n) is 11.5. The second-order valence-electron chi connectivity index (χ2n) is 5.81. The molecule has 3 nitrogen and oxygen atoms in total. The van der Waals surface area contributed by atoms with Crippen molar-refractivity contribution in [1.29, 1.82) is 0 Å². The van der Waals surface area contributed by atoms with Gasteiger partial charge in [0.2, 0.25) is 5.91 Å². The van der Waals surface area contributed by atoms with Gasteiger partial charge in [0.1, 0.15) is 5.82 Å². The summed E-state index contributed by atoms with van der Waals surface area (Å²) in [6, 6.07) is 6.01. The first-order valence-corrected chi connectivity index (χ1v) is 6.86. The molecule has 0 saturated heterocycles. The molecule has 20 heavy (non-hydrogen) atoms. The summed E-state index contributed by atoms with van der Waals surface area (Å²) >= 11 is 0. The smallest absolute Gasteiger partial charge is 0.231 e. The number of hydrogen-bond acceptors (Lipinski definition) is 2. The van der Waals surface area contributed by atoms with Crippen molar-refractivity contribution in [2.24, 2.45) is 23.5 Å². The molecule has 0 spiro atoms. The first-order valence-electron chi connectivity index (χ1n) is 6.86. The summed E-state index contributed by atoms with van der Waals surface area (Å²) in [6.07, 6.45) is 3.37. The Bertz CT molecular complexity index is 491. The van der Waals surface area contributed by atoms with Crippen LogP contribution in [0.3, 0.4) is 0 Å². The number of hydrogen-bond donors (Lipinski definition) is 1. The monoisotopic (exact) mass is 298 g/mol. The topological polar surface area (TPSA) is 46.3 Å². The second kappa shape index (κ2) is 5.70. The molecule has 4 unspecified atom stereocenters. The Labute approximate surface area is 124 Å². The van der Waals surface area contributed by atoms with Gasteiger partial charge in [-0.3, -0.25) is 4.79 Å². The van der Waals surface area contributed by atoms with Gasteiger partial charge in [-0.25, -0.2) is 4.39 Å². The van der Waals surface area contributed by atoms with Gasteiger partial charge in [0, 0.05) is 18.8 Å². The van der Waals surface area contributed by atoms with Gasteiger partial charge in [-0.15, -0.1) is 12.4 Å². The van der Waals surface area contributed by atoms with Crippen molar-refractivity contribution in [3.05, 3.63) is 30.1 Å². The van der Waals surface area contributed by atoms with E-state index in [0.29, 0.717) is 11.8 Å². The molecule has 0 aliphatic heterocycles. The van der Waals surface area contributed by atoms with E-state index in [0.717, 1.165) is 24.9 Å². The number of nitrogens with zero attached hydrogens (tertiary/aromatic N) is 1. The summed E-state index contributed by atoms with van der Waals surface area (Å²) in [4.78, 5) is 14.2. The molecule has 2 N–H and O–H groups in total. The van der Waals surface area contributed by atoms with Crippen molar-refractivity contribution in [2.75, 3.05) is 11.9 Å². The van der Waals surface area contributed by atoms with Crippen LogP contribution in [-0.4, -0.2) is 19.0 Å². The highest BCUT2D eigenvalue weighted by Gasteiger charge is 2.49. The molecule has 3 rings (SSSR count). The molecule has 2 saturated carbocycles. The number of carbonyl (C=O) groups is 1. The van der Waals surface area contributed by atoms with Crippen LogP contribution in [0.4, 0.5) is 10.1 Å². The van der Waals surface area contributed by atoms with Crippen LogP contribution in [0.15, 0.2) is 24.3 Å². The Morgan fingerprint density at radius 3 is 2.40 bits per heavy atom. The third-order valence-electron chi connectivity index (χ3n) is 4.81. The number of nitrogens with two attached hydrogens (primary N) is 1. The van der Waals surface area contributed by atoms with Crippen molar-refractivity contribution in [3.63, 3.8) is 0 Å². The molecule has 110 valence electrons. The molecule has 2 aliphatic carbocycles. The standard InChI is InChI=1S/C15H19FN2O.ClH/c1-18(12-6-4-11(16)5-7-12)15(19)13-9-2-3-10(8-9)14(13)17;/h4-7,9-10,13-14H,2-3,8,17H2,1H3;1H. The van der Waals surface area contributed by atoms with E-state index in [1.807, 2.05) is 0 Å². The lowest BCUT2D eigenvalue weighted by molar-refractivity contribution is -0.124. The molecule has 1 aromatic rings. The SMILES string of the molecule is CN(C(=O)C1C2CCC(C2)C1N)c1ccc(F)cc1.Cl. The molecule has 0 radical (unpaired) electrons. The summed E-state index contributed by atoms with van der Waals surface area (Å²) in [5.74, 6) is 0.678. The van der Waals surface area contributed by atoms with E-state index in [2.05, 4.69) is 0 Å². The molecule has 2 aliphatic rings. The highest BCUT2D eigenvalue weighted by molar-refractivity contribution is 5.95. The third kappa shape index (κ3) is 2.42. The van der Waals surface area contributed by atoms with Crippen LogP contribution < -0.4 is 10.6 Å². The van der Waals surface area contributed by atoms with E-state index in [4.69, 9.17) is 5.73 Å². The van der Waals surface area contributed by atoms with Gasteiger partial charge in [0.15, 0.2) is 0 Å². The molecule has 4 atom stereocenters. The third-order valence-corrected chi connectivity index (χ3v) is 4.81. The molecule has 0 heterocycles. The lowest BCUT2D eigenvalue weighted by atomic mass is 9.84. The Hall–Kier alpha value is -1.13. The minimum atomic E-state index is -0.291. The minimum absolute atomic E-state index is 0. The number of carbonyl (C=O) groups excluding carboxylic acids is 1. The number of rotatable bonds is 2. The Morgan fingerprint density at radius 1 is 1.25 bits per heavy atom. The fourth-order valence-corrected chi connectivity index (χ4v) is 3.72. The maximum absolute atomic E-state index is 12.9. The largest absolute Gasteiger partial charge is 0.327 e. The number of anilines is 1. The number of fused-ring (bicyclic) bond motifs is 2. The fourth-order valence-electron chi connectivity index (χ4n) is 3.72. The summed E-state index contributed by atoms with van der Waals surface area (Å²) in [5, 5.41) is 0. The molecule has 1 amide bonds. The highest BCUT2D eigenvalue weighted by Crippen LogP contribution is 2.48. The van der Waals surface area contributed by atoms with Crippen LogP contribution in [0, 0.1) is 23.6 Å². The maximum Gasteiger partial charge on any atom is 0.231 e. The van der Waals surface area contributed by atoms with E-state index < -0.39 is 0 Å². The number of halogens is 2. The molecular formula is C15H20ClFN2O. The summed E-state index contributed by atoms with van der Waals surface area (Å²) < 4.78 is 12.9. The Kier molecular flexibility index (Phi) is 4.35. The van der Waals surface area contributed by atoms with Gasteiger partial charge in [0.25, 0.3) is 0 Å². The number of amides is 1. The first-order chi connectivity index (χ1) is 9.08. The van der Waals surface area contributed by atoms with Crippen LogP contribution in [-0.2, 0) is 4.79 Å². The van der Waals surface area contributed by atoms with Crippen LogP contribution in [0.5, 0.6) is 0 Å². The normalized spacial score (nSPS) is 30.9. The van der Waals surface area contributed by atoms with Crippen LogP contribution >= 0.6 is 12.4 Å². The predicted molar refractivity (Wildman–Crippen MR) is 79.4 cm³/mol. The first kappa shape index (κ1) is 15.3. The van der Waals surface area contributed by atoms with Gasteiger partial charge in [-0.1, -0.05) is 0 Å². The molecule has 2 fully saturated rings. The molecule has 2 bridgehead atoms. The van der Waals surface area contributed by atoms with Crippen LogP contribution in [0.25, 0.3) is 0 Å². The zero-order valence-corrected chi connectivity index (χ0v) is 12.3. The number of benzene rings is 1. The molecular weight excluding hydrogens is 279 g/mol. The average molecular weight is 299 g/mol. The predicted octanol–water partition coefficient (Wildman–Crippen LogP) is 2.58. The lowest BCUT2D eigenvalue weighted by Crippen LogP contribution is -2.46. The van der Waals surface area contributed by atoms with Crippen molar-refractivity contribution in [2.45, 2.75) is 25.3 Å². The quantitative estimate of drug-likeness (QED) is 0.912. The van der Waals surface area contributed by atoms with E-state index in [1.165, 1.54) is 12.1 Å². The minimum Gasteiger partial charge on any atom is -0.327 e. The summed E-state index contributed by atoms with van der Waals surface area (Å²) in [7, 11) is 1.74. The average Bonchev–Trinajstić information content (AvgIpc) is 2.99. The van der Waals surface area contributed by atoms with E-state index >= 15 is 0 Å². The van der Waals surface area contributed by atoms with Gasteiger partial charge < -0.3 is 10.6 Å². The highest BCUT2D eigenvalue weighted by atomic mass is 35.5. The van der Waals surface area contributed by atoms with E-state index in [9.17, 15) is 9.18 Å². The van der Waals surface area contributed by atoms with Crippen LogP contribution in [0.1, 0.15) is 19.3 Å². The van der Waals surface area contributed by atoms with Crippen molar-refractivity contribution in [3.8, 4) is 0 Å². The van der Waals surface area contributed by atoms with Crippen molar-refractivity contribution >= 4 is 24.0 Å². The van der Waals surface area contributed by atoms with Gasteiger partial charge >= 0.3 is 0 Å². The van der Waals surface area contributed by atoms with Gasteiger partial charge in [0.05, 0.1) is 5.92 Å². The van der Waals surface area contributed by atoms with E-state index in [-0.39, 0.29) is 36.1 Å². The Balaban J connectivity index is 0.00000147. The second-order valence-corrected chi connectivity index (χ2v) is 5.81. The Morgan fingerprint density at radius 2 is 1.85 bits per heavy atom. The van der Waals surface area contributed by atoms with Crippen molar-refractivity contribution < 1.29 is 9.18 Å². The molecule has 5 heteroatoms. The zero-order chi connectivity index (χ0) is 13.6. The van der Waals surface area contributed by atoms with E-state index in [1.54, 1.807) is 24.1 Å². The summed E-state index contributed by atoms with van der Waals surface area (Å²) in [6.45, 7) is 0. The lowest BCUT2D eigenvalue weighted by Gasteiger charge is -2.30. The molecule has 0 aromatic heterocycles. The van der Waals surface area contributed by atoms with Crippen LogP contribution in [0.2, 0.25) is 0 Å². The fraction of sp³-hybridized carbons (Fsp3) is 0.533. The van der Waals surface area contributed by atoms with Crippen molar-refractivity contribution in [1.82, 2.24) is 0 Å². The molecule has 1 aromatic carbocycles. The van der Waals surface area contributed by atoms with Gasteiger partial charge in [-0.2, -0.15) is 0 Å². The summed E-state index contributed by atoms with van der Waals surface area (Å²) in [5.41, 5.74) is 6.92. The maximum atomic E-state index is 12.9.